The summed E-state index contributed by atoms with van der Waals surface area (Å²) in [5.41, 5.74) is 5.29. The summed E-state index contributed by atoms with van der Waals surface area (Å²) in [5, 5.41) is 11.2. The van der Waals surface area contributed by atoms with E-state index in [0.29, 0.717) is 0 Å². The van der Waals surface area contributed by atoms with Crippen LogP contribution in [0.2, 0.25) is 5.02 Å². The minimum absolute atomic E-state index is 0.0128. The van der Waals surface area contributed by atoms with E-state index >= 15 is 0 Å². The highest BCUT2D eigenvalue weighted by molar-refractivity contribution is 6.30. The average molecular weight is 233 g/mol. The van der Waals surface area contributed by atoms with Crippen molar-refractivity contribution in [3.05, 3.63) is 29.0 Å². The first-order valence-electron chi connectivity index (χ1n) is 4.13. The van der Waals surface area contributed by atoms with Gasteiger partial charge in [-0.3, -0.25) is 0 Å². The number of rotatable bonds is 3. The maximum atomic E-state index is 13.0. The van der Waals surface area contributed by atoms with Crippen LogP contribution in [0, 0.1) is 5.82 Å². The van der Waals surface area contributed by atoms with E-state index in [1.54, 1.807) is 6.92 Å². The Labute approximate surface area is 91.1 Å². The zero-order chi connectivity index (χ0) is 11.4. The molecule has 1 unspecified atom stereocenters. The SMILES string of the molecule is CC(Oc1ccc(Cl)c(F)c1)/C(N)=N/O. The predicted molar refractivity (Wildman–Crippen MR) is 54.9 cm³/mol. The van der Waals surface area contributed by atoms with Crippen LogP contribution in [0.4, 0.5) is 4.39 Å². The van der Waals surface area contributed by atoms with E-state index in [1.807, 2.05) is 0 Å². The first-order valence-corrected chi connectivity index (χ1v) is 4.51. The molecule has 0 radical (unpaired) electrons. The Morgan fingerprint density at radius 1 is 1.67 bits per heavy atom. The van der Waals surface area contributed by atoms with Crippen molar-refractivity contribution in [2.45, 2.75) is 13.0 Å². The van der Waals surface area contributed by atoms with Gasteiger partial charge in [0.15, 0.2) is 11.9 Å². The van der Waals surface area contributed by atoms with E-state index in [0.717, 1.165) is 6.07 Å². The second kappa shape index (κ2) is 4.84. The third-order valence-corrected chi connectivity index (χ3v) is 2.04. The summed E-state index contributed by atoms with van der Waals surface area (Å²) in [6.45, 7) is 1.57. The zero-order valence-corrected chi connectivity index (χ0v) is 8.70. The molecule has 0 bridgehead atoms. The standard InChI is InChI=1S/C9H10ClFN2O2/c1-5(9(12)13-14)15-6-2-3-7(10)8(11)4-6/h2-5,14H,1H3,(H2,12,13). The van der Waals surface area contributed by atoms with E-state index in [9.17, 15) is 4.39 Å². The number of amidine groups is 1. The van der Waals surface area contributed by atoms with Crippen LogP contribution in [0.3, 0.4) is 0 Å². The van der Waals surface area contributed by atoms with Gasteiger partial charge < -0.3 is 15.7 Å². The van der Waals surface area contributed by atoms with Crippen LogP contribution < -0.4 is 10.5 Å². The van der Waals surface area contributed by atoms with Crippen molar-refractivity contribution in [1.82, 2.24) is 0 Å². The molecule has 0 spiro atoms. The van der Waals surface area contributed by atoms with Gasteiger partial charge >= 0.3 is 0 Å². The van der Waals surface area contributed by atoms with Crippen LogP contribution in [0.15, 0.2) is 23.4 Å². The molecule has 1 atom stereocenters. The zero-order valence-electron chi connectivity index (χ0n) is 7.95. The number of hydrogen-bond donors (Lipinski definition) is 2. The lowest BCUT2D eigenvalue weighted by atomic mass is 10.3. The van der Waals surface area contributed by atoms with E-state index in [2.05, 4.69) is 5.16 Å². The van der Waals surface area contributed by atoms with Gasteiger partial charge in [0.05, 0.1) is 5.02 Å². The fraction of sp³-hybridized carbons (Fsp3) is 0.222. The summed E-state index contributed by atoms with van der Waals surface area (Å²) in [7, 11) is 0. The first-order chi connectivity index (χ1) is 7.04. The number of oxime groups is 1. The lowest BCUT2D eigenvalue weighted by molar-refractivity contribution is 0.265. The first kappa shape index (κ1) is 11.6. The van der Waals surface area contributed by atoms with E-state index in [-0.39, 0.29) is 16.6 Å². The smallest absolute Gasteiger partial charge is 0.180 e. The molecule has 0 heterocycles. The van der Waals surface area contributed by atoms with Crippen LogP contribution in [0.5, 0.6) is 5.75 Å². The molecule has 0 aliphatic heterocycles. The fourth-order valence-corrected chi connectivity index (χ4v) is 1.01. The molecule has 0 saturated carbocycles. The van der Waals surface area contributed by atoms with Crippen LogP contribution in [0.1, 0.15) is 6.92 Å². The quantitative estimate of drug-likeness (QED) is 0.362. The van der Waals surface area contributed by atoms with E-state index < -0.39 is 11.9 Å². The Kier molecular flexibility index (Phi) is 3.74. The number of halogens is 2. The molecule has 0 aliphatic rings. The van der Waals surface area contributed by atoms with E-state index in [4.69, 9.17) is 27.3 Å². The van der Waals surface area contributed by atoms with Crippen molar-refractivity contribution >= 4 is 17.4 Å². The highest BCUT2D eigenvalue weighted by Crippen LogP contribution is 2.21. The Hall–Kier alpha value is -1.49. The van der Waals surface area contributed by atoms with E-state index in [1.165, 1.54) is 12.1 Å². The summed E-state index contributed by atoms with van der Waals surface area (Å²) in [6, 6.07) is 3.99. The number of nitrogens with two attached hydrogens (primary N) is 1. The van der Waals surface area contributed by atoms with Gasteiger partial charge in [-0.1, -0.05) is 16.8 Å². The number of nitrogens with zero attached hydrogens (tertiary/aromatic N) is 1. The Morgan fingerprint density at radius 3 is 2.87 bits per heavy atom. The molecular weight excluding hydrogens is 223 g/mol. The van der Waals surface area contributed by atoms with Crippen LogP contribution in [0.25, 0.3) is 0 Å². The van der Waals surface area contributed by atoms with Gasteiger partial charge in [-0.15, -0.1) is 0 Å². The third kappa shape index (κ3) is 2.99. The van der Waals surface area contributed by atoms with Crippen LogP contribution in [-0.4, -0.2) is 17.1 Å². The van der Waals surface area contributed by atoms with Crippen LogP contribution in [-0.2, 0) is 0 Å². The van der Waals surface area contributed by atoms with Gasteiger partial charge in [0.1, 0.15) is 11.6 Å². The van der Waals surface area contributed by atoms with Gasteiger partial charge in [-0.05, 0) is 19.1 Å². The average Bonchev–Trinajstić information content (AvgIpc) is 2.22. The number of hydrogen-bond acceptors (Lipinski definition) is 3. The molecule has 4 nitrogen and oxygen atoms in total. The monoisotopic (exact) mass is 232 g/mol. The van der Waals surface area contributed by atoms with Crippen molar-refractivity contribution < 1.29 is 14.3 Å². The fourth-order valence-electron chi connectivity index (χ4n) is 0.896. The largest absolute Gasteiger partial charge is 0.483 e. The molecule has 0 aliphatic carbocycles. The molecule has 82 valence electrons. The van der Waals surface area contributed by atoms with Gasteiger partial charge in [0.2, 0.25) is 0 Å². The number of ether oxygens (including phenoxy) is 1. The van der Waals surface area contributed by atoms with Crippen LogP contribution >= 0.6 is 11.6 Å². The molecule has 15 heavy (non-hydrogen) atoms. The van der Waals surface area contributed by atoms with Gasteiger partial charge in [0, 0.05) is 6.07 Å². The van der Waals surface area contributed by atoms with Crippen molar-refractivity contribution in [3.8, 4) is 5.75 Å². The Bertz CT molecular complexity index is 384. The summed E-state index contributed by atoms with van der Waals surface area (Å²) < 4.78 is 18.2. The second-order valence-corrected chi connectivity index (χ2v) is 3.27. The van der Waals surface area contributed by atoms with Crippen molar-refractivity contribution in [2.24, 2.45) is 10.9 Å². The minimum Gasteiger partial charge on any atom is -0.483 e. The number of benzene rings is 1. The molecule has 1 rings (SSSR count). The van der Waals surface area contributed by atoms with Gasteiger partial charge in [0.25, 0.3) is 0 Å². The topological polar surface area (TPSA) is 67.8 Å². The Morgan fingerprint density at radius 2 is 2.33 bits per heavy atom. The molecule has 1 aromatic carbocycles. The maximum Gasteiger partial charge on any atom is 0.180 e. The molecule has 0 fully saturated rings. The van der Waals surface area contributed by atoms with Crippen molar-refractivity contribution in [2.75, 3.05) is 0 Å². The highest BCUT2D eigenvalue weighted by atomic mass is 35.5. The minimum atomic E-state index is -0.643. The molecule has 0 amide bonds. The lowest BCUT2D eigenvalue weighted by Gasteiger charge is -2.12. The summed E-state index contributed by atoms with van der Waals surface area (Å²) in [6.07, 6.45) is -0.643. The van der Waals surface area contributed by atoms with Gasteiger partial charge in [-0.25, -0.2) is 4.39 Å². The molecule has 3 N–H and O–H groups in total. The summed E-state index contributed by atoms with van der Waals surface area (Å²) in [4.78, 5) is 0. The molecule has 0 aromatic heterocycles. The molecule has 0 saturated heterocycles. The Balaban J connectivity index is 2.77. The van der Waals surface area contributed by atoms with Crippen molar-refractivity contribution in [1.29, 1.82) is 0 Å². The third-order valence-electron chi connectivity index (χ3n) is 1.74. The molecular formula is C9H10ClFN2O2. The normalized spacial score (nSPS) is 13.7. The highest BCUT2D eigenvalue weighted by Gasteiger charge is 2.10. The lowest BCUT2D eigenvalue weighted by Crippen LogP contribution is -2.31. The summed E-state index contributed by atoms with van der Waals surface area (Å²) >= 11 is 5.49. The summed E-state index contributed by atoms with van der Waals surface area (Å²) in [5.74, 6) is -0.415. The second-order valence-electron chi connectivity index (χ2n) is 2.86. The maximum absolute atomic E-state index is 13.0. The van der Waals surface area contributed by atoms with Gasteiger partial charge in [-0.2, -0.15) is 0 Å². The predicted octanol–water partition coefficient (Wildman–Crippen LogP) is 1.99. The molecule has 1 aromatic rings. The molecule has 6 heteroatoms. The van der Waals surface area contributed by atoms with Crippen molar-refractivity contribution in [3.63, 3.8) is 0 Å².